The molecule has 2 heteroatoms. The zero-order chi connectivity index (χ0) is 18.2. The predicted molar refractivity (Wildman–Crippen MR) is 112 cm³/mol. The number of allylic oxidation sites excluding steroid dienone is 1. The molecule has 0 saturated heterocycles. The first-order valence-corrected chi connectivity index (χ1v) is 9.17. The molecule has 0 radical (unpaired) electrons. The third kappa shape index (κ3) is 4.76. The Balaban J connectivity index is 1.74. The van der Waals surface area contributed by atoms with Gasteiger partial charge in [0.25, 0.3) is 0 Å². The van der Waals surface area contributed by atoms with Crippen LogP contribution in [-0.4, -0.2) is 5.01 Å². The predicted octanol–water partition coefficient (Wildman–Crippen LogP) is 6.50. The van der Waals surface area contributed by atoms with Crippen molar-refractivity contribution in [2.45, 2.75) is 26.3 Å². The number of rotatable bonds is 8. The fourth-order valence-corrected chi connectivity index (χ4v) is 2.94. The largest absolute Gasteiger partial charge is 0.298 e. The van der Waals surface area contributed by atoms with Crippen LogP contribution in [0, 0.1) is 0 Å². The van der Waals surface area contributed by atoms with Crippen LogP contribution >= 0.6 is 0 Å². The van der Waals surface area contributed by atoms with Crippen LogP contribution in [0.25, 0.3) is 11.1 Å². The molecule has 0 aliphatic rings. The number of nitrogens with one attached hydrogen (secondary N) is 1. The molecule has 0 atom stereocenters. The molecule has 0 heterocycles. The summed E-state index contributed by atoms with van der Waals surface area (Å²) in [5.41, 5.74) is 9.41. The maximum Gasteiger partial charge on any atom is 0.0640 e. The average molecular weight is 342 g/mol. The van der Waals surface area contributed by atoms with Gasteiger partial charge in [0, 0.05) is 5.70 Å². The maximum atomic E-state index is 4.27. The summed E-state index contributed by atoms with van der Waals surface area (Å²) in [6.07, 6.45) is 2.06. The Bertz CT molecular complexity index is 808. The smallest absolute Gasteiger partial charge is 0.0640 e. The molecule has 0 fully saturated rings. The highest BCUT2D eigenvalue weighted by Crippen LogP contribution is 2.23. The fraction of sp³-hybridized carbons (Fsp3) is 0.167. The molecule has 0 aliphatic carbocycles. The maximum absolute atomic E-state index is 4.27. The average Bonchev–Trinajstić information content (AvgIpc) is 2.70. The van der Waals surface area contributed by atoms with Crippen molar-refractivity contribution in [3.05, 3.63) is 103 Å². The van der Waals surface area contributed by atoms with E-state index in [-0.39, 0.29) is 0 Å². The number of hydrogen-bond donors (Lipinski definition) is 1. The van der Waals surface area contributed by atoms with E-state index in [1.54, 1.807) is 0 Å². The van der Waals surface area contributed by atoms with Gasteiger partial charge in [-0.05, 0) is 35.2 Å². The molecule has 0 saturated carbocycles. The molecule has 26 heavy (non-hydrogen) atoms. The van der Waals surface area contributed by atoms with E-state index in [4.69, 9.17) is 0 Å². The summed E-state index contributed by atoms with van der Waals surface area (Å²) in [7, 11) is 0. The summed E-state index contributed by atoms with van der Waals surface area (Å²) >= 11 is 0. The lowest BCUT2D eigenvalue weighted by Gasteiger charge is -2.28. The summed E-state index contributed by atoms with van der Waals surface area (Å²) in [5.74, 6) is 0. The third-order valence-electron chi connectivity index (χ3n) is 4.36. The molecule has 3 aromatic carbocycles. The van der Waals surface area contributed by atoms with Crippen molar-refractivity contribution in [1.82, 2.24) is 5.01 Å². The van der Waals surface area contributed by atoms with Crippen molar-refractivity contribution in [2.75, 3.05) is 5.43 Å². The molecular weight excluding hydrogens is 316 g/mol. The minimum absolute atomic E-state index is 0.792. The van der Waals surface area contributed by atoms with Crippen molar-refractivity contribution in [3.8, 4) is 11.1 Å². The molecule has 132 valence electrons. The minimum atomic E-state index is 0.792. The van der Waals surface area contributed by atoms with Crippen LogP contribution < -0.4 is 5.43 Å². The Morgan fingerprint density at radius 1 is 0.808 bits per heavy atom. The van der Waals surface area contributed by atoms with Gasteiger partial charge >= 0.3 is 0 Å². The van der Waals surface area contributed by atoms with Gasteiger partial charge in [0.05, 0.1) is 12.2 Å². The van der Waals surface area contributed by atoms with E-state index < -0.39 is 0 Å². The number of nitrogens with zero attached hydrogens (tertiary/aromatic N) is 1. The Morgan fingerprint density at radius 3 is 2.00 bits per heavy atom. The highest BCUT2D eigenvalue weighted by molar-refractivity contribution is 5.65. The number of benzene rings is 3. The molecule has 0 bridgehead atoms. The molecule has 0 unspecified atom stereocenters. The summed E-state index contributed by atoms with van der Waals surface area (Å²) in [4.78, 5) is 0. The zero-order valence-electron chi connectivity index (χ0n) is 15.4. The van der Waals surface area contributed by atoms with Crippen molar-refractivity contribution >= 4 is 5.69 Å². The Kier molecular flexibility index (Phi) is 6.10. The van der Waals surface area contributed by atoms with Gasteiger partial charge in [-0.2, -0.15) is 0 Å². The van der Waals surface area contributed by atoms with E-state index in [0.29, 0.717) is 0 Å². The molecule has 0 spiro atoms. The monoisotopic (exact) mass is 342 g/mol. The van der Waals surface area contributed by atoms with Gasteiger partial charge in [-0.1, -0.05) is 92.7 Å². The van der Waals surface area contributed by atoms with Gasteiger partial charge in [0.2, 0.25) is 0 Å². The molecule has 2 nitrogen and oxygen atoms in total. The molecule has 3 aromatic rings. The van der Waals surface area contributed by atoms with Crippen LogP contribution in [0.4, 0.5) is 5.69 Å². The normalized spacial score (nSPS) is 10.3. The van der Waals surface area contributed by atoms with Crippen molar-refractivity contribution < 1.29 is 0 Å². The zero-order valence-corrected chi connectivity index (χ0v) is 15.4. The molecule has 3 rings (SSSR count). The van der Waals surface area contributed by atoms with Gasteiger partial charge in [-0.25, -0.2) is 0 Å². The van der Waals surface area contributed by atoms with Crippen LogP contribution in [0.2, 0.25) is 0 Å². The molecular formula is C24H26N2. The van der Waals surface area contributed by atoms with Crippen LogP contribution in [0.3, 0.4) is 0 Å². The van der Waals surface area contributed by atoms with Gasteiger partial charge in [-0.15, -0.1) is 0 Å². The standard InChI is InChI=1S/C24H26N2/c1-3-10-20(2)26(19-21-11-6-4-7-12-21)25-24-17-15-23(16-18-24)22-13-8-5-9-14-22/h4-9,11-18,25H,2-3,10,19H2,1H3. The Labute approximate surface area is 156 Å². The highest BCUT2D eigenvalue weighted by atomic mass is 15.5. The lowest BCUT2D eigenvalue weighted by Crippen LogP contribution is -2.28. The lowest BCUT2D eigenvalue weighted by atomic mass is 10.1. The lowest BCUT2D eigenvalue weighted by molar-refractivity contribution is 0.389. The second-order valence-electron chi connectivity index (χ2n) is 6.44. The second-order valence-corrected chi connectivity index (χ2v) is 6.44. The van der Waals surface area contributed by atoms with E-state index in [1.807, 2.05) is 12.1 Å². The highest BCUT2D eigenvalue weighted by Gasteiger charge is 2.08. The first kappa shape index (κ1) is 17.8. The third-order valence-corrected chi connectivity index (χ3v) is 4.36. The summed E-state index contributed by atoms with van der Waals surface area (Å²) < 4.78 is 0. The van der Waals surface area contributed by atoms with Gasteiger partial charge in [0.1, 0.15) is 0 Å². The summed E-state index contributed by atoms with van der Waals surface area (Å²) in [6, 6.07) is 29.5. The SMILES string of the molecule is C=C(CCC)N(Cc1ccccc1)Nc1ccc(-c2ccccc2)cc1. The quantitative estimate of drug-likeness (QED) is 0.470. The topological polar surface area (TPSA) is 15.3 Å². The summed E-state index contributed by atoms with van der Waals surface area (Å²) in [6.45, 7) is 7.24. The Morgan fingerprint density at radius 2 is 1.38 bits per heavy atom. The van der Waals surface area contributed by atoms with Crippen LogP contribution in [0.5, 0.6) is 0 Å². The number of hydrazine groups is 1. The Hall–Kier alpha value is -3.00. The second kappa shape index (κ2) is 8.91. The number of anilines is 1. The van der Waals surface area contributed by atoms with E-state index in [9.17, 15) is 0 Å². The fourth-order valence-electron chi connectivity index (χ4n) is 2.94. The van der Waals surface area contributed by atoms with Crippen molar-refractivity contribution in [1.29, 1.82) is 0 Å². The van der Waals surface area contributed by atoms with Crippen LogP contribution in [-0.2, 0) is 6.54 Å². The van der Waals surface area contributed by atoms with Crippen LogP contribution in [0.15, 0.2) is 97.2 Å². The number of hydrogen-bond acceptors (Lipinski definition) is 2. The first-order valence-electron chi connectivity index (χ1n) is 9.17. The van der Waals surface area contributed by atoms with E-state index in [0.717, 1.165) is 30.8 Å². The molecule has 0 amide bonds. The molecule has 0 aromatic heterocycles. The van der Waals surface area contributed by atoms with Crippen LogP contribution in [0.1, 0.15) is 25.3 Å². The summed E-state index contributed by atoms with van der Waals surface area (Å²) in [5, 5.41) is 2.15. The van der Waals surface area contributed by atoms with Crippen molar-refractivity contribution in [2.24, 2.45) is 0 Å². The van der Waals surface area contributed by atoms with E-state index in [2.05, 4.69) is 96.7 Å². The van der Waals surface area contributed by atoms with E-state index >= 15 is 0 Å². The molecule has 1 N–H and O–H groups in total. The first-order chi connectivity index (χ1) is 12.8. The minimum Gasteiger partial charge on any atom is -0.298 e. The van der Waals surface area contributed by atoms with E-state index in [1.165, 1.54) is 16.7 Å². The van der Waals surface area contributed by atoms with Gasteiger partial charge in [-0.3, -0.25) is 10.4 Å². The van der Waals surface area contributed by atoms with Gasteiger partial charge in [0.15, 0.2) is 0 Å². The van der Waals surface area contributed by atoms with Crippen molar-refractivity contribution in [3.63, 3.8) is 0 Å². The van der Waals surface area contributed by atoms with Gasteiger partial charge < -0.3 is 0 Å². The molecule has 0 aliphatic heterocycles.